The molecule has 1 heterocycles. The molecule has 1 aromatic rings. The highest BCUT2D eigenvalue weighted by atomic mass is 16.5. The molecule has 0 amide bonds. The van der Waals surface area contributed by atoms with E-state index < -0.39 is 0 Å². The Morgan fingerprint density at radius 1 is 1.20 bits per heavy atom. The Kier molecular flexibility index (Phi) is 8.19. The minimum absolute atomic E-state index is 0.611. The third kappa shape index (κ3) is 6.41. The number of nitrogens with one attached hydrogen (secondary N) is 2. The van der Waals surface area contributed by atoms with E-state index in [1.54, 1.807) is 0 Å². The molecule has 0 spiro atoms. The van der Waals surface area contributed by atoms with Crippen molar-refractivity contribution in [3.05, 3.63) is 23.9 Å². The maximum Gasteiger partial charge on any atom is 0.213 e. The fourth-order valence-electron chi connectivity index (χ4n) is 1.55. The summed E-state index contributed by atoms with van der Waals surface area (Å²) in [5.74, 6) is 1.52. The van der Waals surface area contributed by atoms with Crippen LogP contribution in [0.4, 0.5) is 0 Å². The zero-order valence-corrected chi connectivity index (χ0v) is 12.8. The first kappa shape index (κ1) is 16.3. The van der Waals surface area contributed by atoms with Gasteiger partial charge in [-0.25, -0.2) is 9.98 Å². The molecule has 0 unspecified atom stereocenters. The molecule has 0 aliphatic rings. The fraction of sp³-hybridized carbons (Fsp3) is 0.600. The van der Waals surface area contributed by atoms with Gasteiger partial charge in [0.15, 0.2) is 5.96 Å². The number of rotatable bonds is 8. The topological polar surface area (TPSA) is 58.5 Å². The Balaban J connectivity index is 2.52. The highest BCUT2D eigenvalue weighted by Gasteiger charge is 1.98. The summed E-state index contributed by atoms with van der Waals surface area (Å²) in [6.45, 7) is 9.37. The molecule has 1 aromatic heterocycles. The first-order valence-electron chi connectivity index (χ1n) is 7.40. The lowest BCUT2D eigenvalue weighted by Crippen LogP contribution is -2.37. The second kappa shape index (κ2) is 10.1. The molecular weight excluding hydrogens is 252 g/mol. The summed E-state index contributed by atoms with van der Waals surface area (Å²) < 4.78 is 5.46. The maximum absolute atomic E-state index is 5.46. The fourth-order valence-corrected chi connectivity index (χ4v) is 1.55. The van der Waals surface area contributed by atoms with Gasteiger partial charge in [-0.05, 0) is 25.3 Å². The lowest BCUT2D eigenvalue weighted by Gasteiger charge is -2.10. The summed E-state index contributed by atoms with van der Waals surface area (Å²) in [7, 11) is 0. The van der Waals surface area contributed by atoms with E-state index in [0.29, 0.717) is 19.0 Å². The van der Waals surface area contributed by atoms with Crippen LogP contribution in [-0.4, -0.2) is 30.6 Å². The molecule has 0 aliphatic carbocycles. The van der Waals surface area contributed by atoms with E-state index in [9.17, 15) is 0 Å². The second-order valence-electron chi connectivity index (χ2n) is 4.48. The molecular formula is C15H26N4O. The third-order valence-corrected chi connectivity index (χ3v) is 2.56. The van der Waals surface area contributed by atoms with E-state index in [0.717, 1.165) is 37.5 Å². The van der Waals surface area contributed by atoms with Gasteiger partial charge in [0.25, 0.3) is 0 Å². The van der Waals surface area contributed by atoms with Gasteiger partial charge in [-0.2, -0.15) is 0 Å². The molecule has 0 atom stereocenters. The zero-order valence-electron chi connectivity index (χ0n) is 12.8. The van der Waals surface area contributed by atoms with Crippen molar-refractivity contribution in [3.8, 4) is 5.88 Å². The van der Waals surface area contributed by atoms with Crippen molar-refractivity contribution < 1.29 is 4.74 Å². The van der Waals surface area contributed by atoms with Gasteiger partial charge >= 0.3 is 0 Å². The lowest BCUT2D eigenvalue weighted by molar-refractivity contribution is 0.305. The molecule has 0 aromatic carbocycles. The predicted octanol–water partition coefficient (Wildman–Crippen LogP) is 2.34. The minimum Gasteiger partial charge on any atom is -0.478 e. The molecule has 5 heteroatoms. The number of ether oxygens (including phenoxy) is 1. The summed E-state index contributed by atoms with van der Waals surface area (Å²) in [6.07, 6.45) is 3.89. The zero-order chi connectivity index (χ0) is 14.6. The van der Waals surface area contributed by atoms with Gasteiger partial charge in [0.1, 0.15) is 0 Å². The molecule has 0 radical (unpaired) electrons. The Bertz CT molecular complexity index is 389. The molecule has 0 saturated heterocycles. The van der Waals surface area contributed by atoms with Gasteiger partial charge in [-0.3, -0.25) is 0 Å². The molecule has 0 fully saturated rings. The Morgan fingerprint density at radius 3 is 2.65 bits per heavy atom. The van der Waals surface area contributed by atoms with E-state index in [1.165, 1.54) is 0 Å². The quantitative estimate of drug-likeness (QED) is 0.566. The van der Waals surface area contributed by atoms with Gasteiger partial charge < -0.3 is 15.4 Å². The first-order chi connectivity index (χ1) is 9.80. The summed E-state index contributed by atoms with van der Waals surface area (Å²) >= 11 is 0. The minimum atomic E-state index is 0.611. The summed E-state index contributed by atoms with van der Waals surface area (Å²) in [6, 6.07) is 3.90. The normalized spacial score (nSPS) is 11.2. The first-order valence-corrected chi connectivity index (χ1v) is 7.40. The van der Waals surface area contributed by atoms with Gasteiger partial charge in [-0.1, -0.05) is 19.9 Å². The van der Waals surface area contributed by atoms with Crippen LogP contribution in [0.3, 0.4) is 0 Å². The Labute approximate surface area is 121 Å². The van der Waals surface area contributed by atoms with Crippen LogP contribution in [0.5, 0.6) is 5.88 Å². The number of aromatic nitrogens is 1. The van der Waals surface area contributed by atoms with Gasteiger partial charge in [0.2, 0.25) is 5.88 Å². The van der Waals surface area contributed by atoms with Crippen molar-refractivity contribution in [2.45, 2.75) is 40.2 Å². The van der Waals surface area contributed by atoms with Crippen LogP contribution in [0, 0.1) is 0 Å². The molecule has 1 rings (SSSR count). The van der Waals surface area contributed by atoms with Crippen LogP contribution in [0.2, 0.25) is 0 Å². The van der Waals surface area contributed by atoms with Gasteiger partial charge in [-0.15, -0.1) is 0 Å². The molecule has 0 saturated carbocycles. The average Bonchev–Trinajstić information content (AvgIpc) is 2.49. The second-order valence-corrected chi connectivity index (χ2v) is 4.48. The number of hydrogen-bond acceptors (Lipinski definition) is 3. The molecule has 112 valence electrons. The summed E-state index contributed by atoms with van der Waals surface area (Å²) in [4.78, 5) is 8.80. The van der Waals surface area contributed by atoms with Crippen LogP contribution < -0.4 is 15.4 Å². The SMILES string of the molecule is CCCNC(=NCc1ccc(OCCC)nc1)NCC. The number of guanidine groups is 1. The highest BCUT2D eigenvalue weighted by molar-refractivity contribution is 5.79. The maximum atomic E-state index is 5.46. The van der Waals surface area contributed by atoms with Gasteiger partial charge in [0.05, 0.1) is 13.2 Å². The van der Waals surface area contributed by atoms with E-state index >= 15 is 0 Å². The van der Waals surface area contributed by atoms with Crippen LogP contribution >= 0.6 is 0 Å². The lowest BCUT2D eigenvalue weighted by atomic mass is 10.3. The monoisotopic (exact) mass is 278 g/mol. The van der Waals surface area contributed by atoms with Crippen molar-refractivity contribution in [3.63, 3.8) is 0 Å². The van der Waals surface area contributed by atoms with E-state index in [2.05, 4.69) is 41.4 Å². The molecule has 5 nitrogen and oxygen atoms in total. The number of hydrogen-bond donors (Lipinski definition) is 2. The molecule has 20 heavy (non-hydrogen) atoms. The summed E-state index contributed by atoms with van der Waals surface area (Å²) in [5.41, 5.74) is 1.07. The smallest absolute Gasteiger partial charge is 0.213 e. The summed E-state index contributed by atoms with van der Waals surface area (Å²) in [5, 5.41) is 6.49. The van der Waals surface area contributed by atoms with Crippen LogP contribution in [-0.2, 0) is 6.54 Å². The largest absolute Gasteiger partial charge is 0.478 e. The standard InChI is InChI=1S/C15H26N4O/c1-4-9-17-15(16-6-3)19-12-13-7-8-14(18-11-13)20-10-5-2/h7-8,11H,4-6,9-10,12H2,1-3H3,(H2,16,17,19). The Hall–Kier alpha value is -1.78. The Morgan fingerprint density at radius 2 is 2.05 bits per heavy atom. The molecule has 0 aliphatic heterocycles. The van der Waals surface area contributed by atoms with Crippen LogP contribution in [0.25, 0.3) is 0 Å². The number of aliphatic imine (C=N–C) groups is 1. The van der Waals surface area contributed by atoms with E-state index in [1.807, 2.05) is 18.3 Å². The van der Waals surface area contributed by atoms with Crippen LogP contribution in [0.15, 0.2) is 23.3 Å². The van der Waals surface area contributed by atoms with Crippen molar-refractivity contribution >= 4 is 5.96 Å². The van der Waals surface area contributed by atoms with Crippen molar-refractivity contribution in [1.29, 1.82) is 0 Å². The van der Waals surface area contributed by atoms with Crippen molar-refractivity contribution in [2.75, 3.05) is 19.7 Å². The highest BCUT2D eigenvalue weighted by Crippen LogP contribution is 2.08. The number of pyridine rings is 1. The van der Waals surface area contributed by atoms with Crippen molar-refractivity contribution in [1.82, 2.24) is 15.6 Å². The van der Waals surface area contributed by atoms with Gasteiger partial charge in [0, 0.05) is 25.4 Å². The average molecular weight is 278 g/mol. The number of nitrogens with zero attached hydrogens (tertiary/aromatic N) is 2. The van der Waals surface area contributed by atoms with E-state index in [4.69, 9.17) is 4.74 Å². The molecule has 2 N–H and O–H groups in total. The molecule has 0 bridgehead atoms. The predicted molar refractivity (Wildman–Crippen MR) is 83.1 cm³/mol. The third-order valence-electron chi connectivity index (χ3n) is 2.56. The van der Waals surface area contributed by atoms with Crippen molar-refractivity contribution in [2.24, 2.45) is 4.99 Å². The van der Waals surface area contributed by atoms with E-state index in [-0.39, 0.29) is 0 Å². The van der Waals surface area contributed by atoms with Crippen LogP contribution in [0.1, 0.15) is 39.2 Å².